The Morgan fingerprint density at radius 3 is 2.54 bits per heavy atom. The van der Waals surface area contributed by atoms with E-state index in [1.165, 1.54) is 6.07 Å². The molecule has 5 heteroatoms. The average molecular weight is 373 g/mol. The standard InChI is InChI=1S/C21H22ClFN2O/c22-19(14-17-6-2-1-3-7-17)16-24-11-10-21(26)25(13-12-24)15-18-8-4-5-9-20(18)23/h1-9,14H,10-13,15-16H2. The molecule has 1 aliphatic rings. The van der Waals surface area contributed by atoms with E-state index in [-0.39, 0.29) is 11.7 Å². The van der Waals surface area contributed by atoms with Crippen LogP contribution in [0.4, 0.5) is 4.39 Å². The van der Waals surface area contributed by atoms with Crippen molar-refractivity contribution in [3.8, 4) is 0 Å². The summed E-state index contributed by atoms with van der Waals surface area (Å²) < 4.78 is 13.9. The molecule has 0 aliphatic carbocycles. The van der Waals surface area contributed by atoms with E-state index < -0.39 is 0 Å². The Hall–Kier alpha value is -2.17. The van der Waals surface area contributed by atoms with Crippen LogP contribution in [0.3, 0.4) is 0 Å². The molecule has 26 heavy (non-hydrogen) atoms. The van der Waals surface area contributed by atoms with Gasteiger partial charge in [-0.3, -0.25) is 9.69 Å². The van der Waals surface area contributed by atoms with Crippen LogP contribution in [0, 0.1) is 5.82 Å². The molecule has 1 heterocycles. The van der Waals surface area contributed by atoms with Gasteiger partial charge in [0, 0.05) is 49.7 Å². The summed E-state index contributed by atoms with van der Waals surface area (Å²) in [5, 5.41) is 0.742. The van der Waals surface area contributed by atoms with Crippen LogP contribution in [0.15, 0.2) is 59.6 Å². The summed E-state index contributed by atoms with van der Waals surface area (Å²) in [7, 11) is 0. The molecule has 1 aliphatic heterocycles. The molecule has 0 saturated carbocycles. The second kappa shape index (κ2) is 8.97. The second-order valence-corrected chi connectivity index (χ2v) is 6.92. The lowest BCUT2D eigenvalue weighted by Gasteiger charge is -2.22. The summed E-state index contributed by atoms with van der Waals surface area (Å²) in [5.41, 5.74) is 1.61. The molecule has 136 valence electrons. The molecule has 0 unspecified atom stereocenters. The molecular formula is C21H22ClFN2O. The molecule has 0 spiro atoms. The Morgan fingerprint density at radius 1 is 1.04 bits per heavy atom. The number of amides is 1. The number of benzene rings is 2. The maximum Gasteiger partial charge on any atom is 0.224 e. The maximum atomic E-state index is 13.9. The van der Waals surface area contributed by atoms with E-state index in [0.717, 1.165) is 17.1 Å². The SMILES string of the molecule is O=C1CCN(CC(Cl)=Cc2ccccc2)CCN1Cc1ccccc1F. The van der Waals surface area contributed by atoms with E-state index in [0.29, 0.717) is 38.2 Å². The summed E-state index contributed by atoms with van der Waals surface area (Å²) in [6, 6.07) is 16.5. The van der Waals surface area contributed by atoms with Crippen LogP contribution in [0.2, 0.25) is 0 Å². The second-order valence-electron chi connectivity index (χ2n) is 6.43. The van der Waals surface area contributed by atoms with Gasteiger partial charge in [-0.2, -0.15) is 0 Å². The zero-order valence-electron chi connectivity index (χ0n) is 14.6. The van der Waals surface area contributed by atoms with E-state index in [2.05, 4.69) is 4.90 Å². The first-order chi connectivity index (χ1) is 12.6. The fourth-order valence-electron chi connectivity index (χ4n) is 3.06. The molecule has 0 aromatic heterocycles. The van der Waals surface area contributed by atoms with E-state index in [9.17, 15) is 9.18 Å². The lowest BCUT2D eigenvalue weighted by molar-refractivity contribution is -0.131. The van der Waals surface area contributed by atoms with Gasteiger partial charge in [0.1, 0.15) is 5.82 Å². The third kappa shape index (κ3) is 5.16. The molecule has 3 rings (SSSR count). The van der Waals surface area contributed by atoms with Crippen molar-refractivity contribution in [3.05, 3.63) is 76.6 Å². The highest BCUT2D eigenvalue weighted by Gasteiger charge is 2.22. The third-order valence-electron chi connectivity index (χ3n) is 4.50. The smallest absolute Gasteiger partial charge is 0.224 e. The molecule has 3 nitrogen and oxygen atoms in total. The van der Waals surface area contributed by atoms with Crippen molar-refractivity contribution in [1.82, 2.24) is 9.80 Å². The van der Waals surface area contributed by atoms with Gasteiger partial charge in [0.25, 0.3) is 0 Å². The molecule has 0 atom stereocenters. The summed E-state index contributed by atoms with van der Waals surface area (Å²) in [6.07, 6.45) is 2.37. The van der Waals surface area contributed by atoms with Crippen LogP contribution in [-0.4, -0.2) is 41.9 Å². The van der Waals surface area contributed by atoms with Crippen molar-refractivity contribution in [2.75, 3.05) is 26.2 Å². The molecule has 1 fully saturated rings. The van der Waals surface area contributed by atoms with Gasteiger partial charge in [-0.1, -0.05) is 60.1 Å². The van der Waals surface area contributed by atoms with Crippen LogP contribution in [0.5, 0.6) is 0 Å². The van der Waals surface area contributed by atoms with E-state index in [1.807, 2.05) is 36.4 Å². The largest absolute Gasteiger partial charge is 0.337 e. The van der Waals surface area contributed by atoms with Crippen molar-refractivity contribution >= 4 is 23.6 Å². The van der Waals surface area contributed by atoms with Gasteiger partial charge < -0.3 is 4.90 Å². The minimum Gasteiger partial charge on any atom is -0.337 e. The summed E-state index contributed by atoms with van der Waals surface area (Å²) in [5.74, 6) is -0.214. The predicted molar refractivity (Wildman–Crippen MR) is 103 cm³/mol. The average Bonchev–Trinajstić information content (AvgIpc) is 2.80. The lowest BCUT2D eigenvalue weighted by atomic mass is 10.2. The number of hydrogen-bond donors (Lipinski definition) is 0. The first-order valence-corrected chi connectivity index (χ1v) is 9.14. The Bertz CT molecular complexity index is 779. The normalized spacial score (nSPS) is 16.6. The van der Waals surface area contributed by atoms with Crippen LogP contribution >= 0.6 is 11.6 Å². The lowest BCUT2D eigenvalue weighted by Crippen LogP contribution is -2.33. The van der Waals surface area contributed by atoms with Gasteiger partial charge in [0.2, 0.25) is 5.91 Å². The highest BCUT2D eigenvalue weighted by atomic mass is 35.5. The number of rotatable bonds is 5. The molecule has 2 aromatic carbocycles. The fourth-order valence-corrected chi connectivity index (χ4v) is 3.35. The van der Waals surface area contributed by atoms with Crippen molar-refractivity contribution in [2.45, 2.75) is 13.0 Å². The minimum atomic E-state index is -0.268. The molecule has 0 bridgehead atoms. The Balaban J connectivity index is 1.59. The van der Waals surface area contributed by atoms with Crippen molar-refractivity contribution in [3.63, 3.8) is 0 Å². The number of carbonyl (C=O) groups excluding carboxylic acids is 1. The molecule has 2 aromatic rings. The molecule has 0 N–H and O–H groups in total. The van der Waals surface area contributed by atoms with Crippen LogP contribution < -0.4 is 0 Å². The quantitative estimate of drug-likeness (QED) is 0.787. The van der Waals surface area contributed by atoms with Crippen molar-refractivity contribution in [2.24, 2.45) is 0 Å². The van der Waals surface area contributed by atoms with Crippen LogP contribution in [-0.2, 0) is 11.3 Å². The van der Waals surface area contributed by atoms with Gasteiger partial charge in [0.15, 0.2) is 0 Å². The number of nitrogens with zero attached hydrogens (tertiary/aromatic N) is 2. The third-order valence-corrected chi connectivity index (χ3v) is 4.73. The van der Waals surface area contributed by atoms with E-state index in [1.54, 1.807) is 23.1 Å². The highest BCUT2D eigenvalue weighted by Crippen LogP contribution is 2.16. The van der Waals surface area contributed by atoms with Gasteiger partial charge in [-0.25, -0.2) is 4.39 Å². The molecule has 1 amide bonds. The van der Waals surface area contributed by atoms with Gasteiger partial charge >= 0.3 is 0 Å². The summed E-state index contributed by atoms with van der Waals surface area (Å²) in [4.78, 5) is 16.3. The Morgan fingerprint density at radius 2 is 1.77 bits per heavy atom. The summed E-state index contributed by atoms with van der Waals surface area (Å²) in [6.45, 7) is 2.87. The Kier molecular flexibility index (Phi) is 6.42. The molecular weight excluding hydrogens is 351 g/mol. The van der Waals surface area contributed by atoms with Crippen molar-refractivity contribution in [1.29, 1.82) is 0 Å². The van der Waals surface area contributed by atoms with E-state index >= 15 is 0 Å². The Labute approximate surface area is 158 Å². The number of halogens is 2. The molecule has 0 radical (unpaired) electrons. The predicted octanol–water partition coefficient (Wildman–Crippen LogP) is 4.14. The zero-order valence-corrected chi connectivity index (χ0v) is 15.3. The fraction of sp³-hybridized carbons (Fsp3) is 0.286. The van der Waals surface area contributed by atoms with Gasteiger partial charge in [-0.15, -0.1) is 0 Å². The van der Waals surface area contributed by atoms with Crippen LogP contribution in [0.25, 0.3) is 6.08 Å². The molecule has 1 saturated heterocycles. The first kappa shape index (κ1) is 18.6. The maximum absolute atomic E-state index is 13.9. The first-order valence-electron chi connectivity index (χ1n) is 8.76. The monoisotopic (exact) mass is 372 g/mol. The minimum absolute atomic E-state index is 0.0546. The van der Waals surface area contributed by atoms with Crippen molar-refractivity contribution < 1.29 is 9.18 Å². The summed E-state index contributed by atoms with van der Waals surface area (Å²) >= 11 is 6.40. The van der Waals surface area contributed by atoms with E-state index in [4.69, 9.17) is 11.6 Å². The topological polar surface area (TPSA) is 23.6 Å². The zero-order chi connectivity index (χ0) is 18.4. The van der Waals surface area contributed by atoms with Gasteiger partial charge in [0.05, 0.1) is 0 Å². The number of hydrogen-bond acceptors (Lipinski definition) is 2. The van der Waals surface area contributed by atoms with Gasteiger partial charge in [-0.05, 0) is 17.7 Å². The highest BCUT2D eigenvalue weighted by molar-refractivity contribution is 6.31. The number of carbonyl (C=O) groups is 1. The van der Waals surface area contributed by atoms with Crippen LogP contribution in [0.1, 0.15) is 17.5 Å².